The van der Waals surface area contributed by atoms with Crippen molar-refractivity contribution in [2.75, 3.05) is 6.54 Å². The zero-order chi connectivity index (χ0) is 12.1. The molecular weight excluding hydrogens is 302 g/mol. The molecule has 1 N–H and O–H groups in total. The number of halogens is 2. The van der Waals surface area contributed by atoms with Gasteiger partial charge in [0.05, 0.1) is 11.3 Å². The van der Waals surface area contributed by atoms with Gasteiger partial charge >= 0.3 is 0 Å². The van der Waals surface area contributed by atoms with Gasteiger partial charge in [-0.3, -0.25) is 0 Å². The fraction of sp³-hybridized carbons (Fsp3) is 0.231. The molecule has 1 heterocycles. The van der Waals surface area contributed by atoms with Gasteiger partial charge in [0.1, 0.15) is 5.76 Å². The third-order valence-corrected chi connectivity index (χ3v) is 3.67. The molecule has 2 aromatic rings. The SMILES string of the molecule is Clc1cc(CNCCc2ccco2)ccc1Br. The largest absolute Gasteiger partial charge is 0.469 e. The first-order valence-electron chi connectivity index (χ1n) is 5.43. The molecule has 1 aromatic heterocycles. The second-order valence-corrected chi connectivity index (χ2v) is 5.02. The monoisotopic (exact) mass is 313 g/mol. The van der Waals surface area contributed by atoms with Gasteiger partial charge in [0.15, 0.2) is 0 Å². The zero-order valence-corrected chi connectivity index (χ0v) is 11.6. The summed E-state index contributed by atoms with van der Waals surface area (Å²) in [5.74, 6) is 1.01. The van der Waals surface area contributed by atoms with Crippen LogP contribution >= 0.6 is 27.5 Å². The maximum absolute atomic E-state index is 6.02. The van der Waals surface area contributed by atoms with Crippen LogP contribution in [0.5, 0.6) is 0 Å². The van der Waals surface area contributed by atoms with E-state index in [9.17, 15) is 0 Å². The topological polar surface area (TPSA) is 25.2 Å². The Balaban J connectivity index is 1.76. The Bertz CT molecular complexity index is 470. The summed E-state index contributed by atoms with van der Waals surface area (Å²) in [6, 6.07) is 9.87. The average Bonchev–Trinajstić information content (AvgIpc) is 2.82. The molecule has 0 radical (unpaired) electrons. The van der Waals surface area contributed by atoms with E-state index in [4.69, 9.17) is 16.0 Å². The number of nitrogens with one attached hydrogen (secondary N) is 1. The lowest BCUT2D eigenvalue weighted by molar-refractivity contribution is 0.499. The summed E-state index contributed by atoms with van der Waals surface area (Å²) in [6.07, 6.45) is 2.60. The maximum Gasteiger partial charge on any atom is 0.105 e. The van der Waals surface area contributed by atoms with E-state index in [1.165, 1.54) is 5.56 Å². The highest BCUT2D eigenvalue weighted by Gasteiger charge is 1.99. The first kappa shape index (κ1) is 12.7. The van der Waals surface area contributed by atoms with Crippen LogP contribution < -0.4 is 5.32 Å². The van der Waals surface area contributed by atoms with Crippen molar-refractivity contribution in [3.8, 4) is 0 Å². The van der Waals surface area contributed by atoms with Gasteiger partial charge in [-0.15, -0.1) is 0 Å². The molecule has 90 valence electrons. The molecule has 0 aliphatic rings. The summed E-state index contributed by atoms with van der Waals surface area (Å²) in [5.41, 5.74) is 1.18. The highest BCUT2D eigenvalue weighted by atomic mass is 79.9. The quantitative estimate of drug-likeness (QED) is 0.843. The third kappa shape index (κ3) is 3.87. The summed E-state index contributed by atoms with van der Waals surface area (Å²) < 4.78 is 6.18. The van der Waals surface area contributed by atoms with Crippen LogP contribution in [0, 0.1) is 0 Å². The minimum atomic E-state index is 0.746. The smallest absolute Gasteiger partial charge is 0.105 e. The molecule has 1 aromatic carbocycles. The van der Waals surface area contributed by atoms with Crippen molar-refractivity contribution < 1.29 is 4.42 Å². The molecule has 2 rings (SSSR count). The molecule has 0 aliphatic heterocycles. The molecule has 0 saturated heterocycles. The molecule has 17 heavy (non-hydrogen) atoms. The van der Waals surface area contributed by atoms with E-state index >= 15 is 0 Å². The lowest BCUT2D eigenvalue weighted by Gasteiger charge is -2.05. The van der Waals surface area contributed by atoms with Crippen molar-refractivity contribution in [2.45, 2.75) is 13.0 Å². The number of rotatable bonds is 5. The van der Waals surface area contributed by atoms with E-state index in [2.05, 4.69) is 27.3 Å². The Morgan fingerprint density at radius 3 is 2.88 bits per heavy atom. The molecule has 4 heteroatoms. The van der Waals surface area contributed by atoms with Crippen LogP contribution in [0.3, 0.4) is 0 Å². The Labute approximate surface area is 114 Å². The van der Waals surface area contributed by atoms with E-state index < -0.39 is 0 Å². The second kappa shape index (κ2) is 6.24. The van der Waals surface area contributed by atoms with E-state index in [1.807, 2.05) is 24.3 Å². The number of hydrogen-bond acceptors (Lipinski definition) is 2. The predicted molar refractivity (Wildman–Crippen MR) is 73.3 cm³/mol. The van der Waals surface area contributed by atoms with Crippen LogP contribution in [-0.2, 0) is 13.0 Å². The van der Waals surface area contributed by atoms with Crippen LogP contribution in [0.1, 0.15) is 11.3 Å². The maximum atomic E-state index is 6.02. The van der Waals surface area contributed by atoms with Crippen LogP contribution in [0.25, 0.3) is 0 Å². The van der Waals surface area contributed by atoms with E-state index in [0.29, 0.717) is 0 Å². The minimum absolute atomic E-state index is 0.746. The minimum Gasteiger partial charge on any atom is -0.469 e. The third-order valence-electron chi connectivity index (χ3n) is 2.44. The molecule has 0 aliphatic carbocycles. The summed E-state index contributed by atoms with van der Waals surface area (Å²) in [4.78, 5) is 0. The molecule has 0 amide bonds. The van der Waals surface area contributed by atoms with Gasteiger partial charge in [-0.25, -0.2) is 0 Å². The number of benzene rings is 1. The van der Waals surface area contributed by atoms with Gasteiger partial charge in [-0.1, -0.05) is 17.7 Å². The molecule has 0 saturated carbocycles. The van der Waals surface area contributed by atoms with Crippen molar-refractivity contribution >= 4 is 27.5 Å². The van der Waals surface area contributed by atoms with E-state index in [1.54, 1.807) is 6.26 Å². The second-order valence-electron chi connectivity index (χ2n) is 3.75. The normalized spacial score (nSPS) is 10.7. The molecule has 0 atom stereocenters. The Hall–Kier alpha value is -0.770. The molecule has 2 nitrogen and oxygen atoms in total. The fourth-order valence-electron chi connectivity index (χ4n) is 1.55. The summed E-state index contributed by atoms with van der Waals surface area (Å²) in [6.45, 7) is 1.70. The number of furan rings is 1. The Morgan fingerprint density at radius 1 is 1.29 bits per heavy atom. The molecule has 0 bridgehead atoms. The molecule has 0 fully saturated rings. The van der Waals surface area contributed by atoms with Gasteiger partial charge in [0.25, 0.3) is 0 Å². The Morgan fingerprint density at radius 2 is 2.18 bits per heavy atom. The lowest BCUT2D eigenvalue weighted by Crippen LogP contribution is -2.16. The van der Waals surface area contributed by atoms with Crippen molar-refractivity contribution in [3.05, 3.63) is 57.4 Å². The summed E-state index contributed by atoms with van der Waals surface area (Å²) in [7, 11) is 0. The van der Waals surface area contributed by atoms with Crippen molar-refractivity contribution in [1.82, 2.24) is 5.32 Å². The van der Waals surface area contributed by atoms with Crippen molar-refractivity contribution in [1.29, 1.82) is 0 Å². The lowest BCUT2D eigenvalue weighted by atomic mass is 10.2. The van der Waals surface area contributed by atoms with Gasteiger partial charge in [-0.05, 0) is 45.8 Å². The van der Waals surface area contributed by atoms with Crippen LogP contribution in [0.15, 0.2) is 45.5 Å². The summed E-state index contributed by atoms with van der Waals surface area (Å²) in [5, 5.41) is 4.10. The standard InChI is InChI=1S/C13H13BrClNO/c14-12-4-3-10(8-13(12)15)9-16-6-5-11-2-1-7-17-11/h1-4,7-8,16H,5-6,9H2. The van der Waals surface area contributed by atoms with Gasteiger partial charge in [0, 0.05) is 24.0 Å². The van der Waals surface area contributed by atoms with Gasteiger partial charge in [0.2, 0.25) is 0 Å². The van der Waals surface area contributed by atoms with Gasteiger partial charge < -0.3 is 9.73 Å². The molecule has 0 unspecified atom stereocenters. The first-order chi connectivity index (χ1) is 8.25. The first-order valence-corrected chi connectivity index (χ1v) is 6.60. The van der Waals surface area contributed by atoms with Crippen molar-refractivity contribution in [2.24, 2.45) is 0 Å². The highest BCUT2D eigenvalue weighted by Crippen LogP contribution is 2.22. The van der Waals surface area contributed by atoms with E-state index in [-0.39, 0.29) is 0 Å². The zero-order valence-electron chi connectivity index (χ0n) is 9.25. The molecule has 0 spiro atoms. The number of hydrogen-bond donors (Lipinski definition) is 1. The predicted octanol–water partition coefficient (Wildman–Crippen LogP) is 4.03. The average molecular weight is 315 g/mol. The summed E-state index contributed by atoms with van der Waals surface area (Å²) >= 11 is 9.39. The fourth-order valence-corrected chi connectivity index (χ4v) is 2.00. The highest BCUT2D eigenvalue weighted by molar-refractivity contribution is 9.10. The van der Waals surface area contributed by atoms with Crippen molar-refractivity contribution in [3.63, 3.8) is 0 Å². The van der Waals surface area contributed by atoms with Crippen LogP contribution in [-0.4, -0.2) is 6.54 Å². The van der Waals surface area contributed by atoms with E-state index in [0.717, 1.165) is 34.8 Å². The van der Waals surface area contributed by atoms with Crippen LogP contribution in [0.4, 0.5) is 0 Å². The van der Waals surface area contributed by atoms with Crippen LogP contribution in [0.2, 0.25) is 5.02 Å². The Kier molecular flexibility index (Phi) is 4.66. The van der Waals surface area contributed by atoms with Gasteiger partial charge in [-0.2, -0.15) is 0 Å². The molecular formula is C13H13BrClNO.